The number of hydrogen-bond donors (Lipinski definition) is 1. The van der Waals surface area contributed by atoms with Crippen molar-refractivity contribution in [2.24, 2.45) is 0 Å². The van der Waals surface area contributed by atoms with Crippen LogP contribution < -0.4 is 0 Å². The molecular formula is C16H23FO3. The highest BCUT2D eigenvalue weighted by Gasteiger charge is 2.14. The van der Waals surface area contributed by atoms with Crippen LogP contribution in [0.2, 0.25) is 0 Å². The maximum Gasteiger partial charge on any atom is 0.338 e. The van der Waals surface area contributed by atoms with E-state index in [4.69, 9.17) is 9.84 Å². The van der Waals surface area contributed by atoms with Crippen molar-refractivity contribution in [3.8, 4) is 0 Å². The van der Waals surface area contributed by atoms with E-state index < -0.39 is 11.8 Å². The summed E-state index contributed by atoms with van der Waals surface area (Å²) in [5.41, 5.74) is -0.00740. The molecule has 0 bridgehead atoms. The molecular weight excluding hydrogens is 259 g/mol. The molecule has 1 atom stereocenters. The smallest absolute Gasteiger partial charge is 0.338 e. The standard InChI is InChI=1S/C16H23FO3/c1-3-4-5-6-8-12(2)20-11-13-9-7-10-14(15(13)17)16(18)19/h7,9-10,12H,3-6,8,11H2,1-2H3,(H,18,19). The SMILES string of the molecule is CCCCCCC(C)OCc1cccc(C(=O)O)c1F. The summed E-state index contributed by atoms with van der Waals surface area (Å²) in [6, 6.07) is 4.36. The Labute approximate surface area is 119 Å². The fourth-order valence-corrected chi connectivity index (χ4v) is 2.03. The summed E-state index contributed by atoms with van der Waals surface area (Å²) in [6.45, 7) is 4.24. The largest absolute Gasteiger partial charge is 0.478 e. The van der Waals surface area contributed by atoms with Crippen LogP contribution in [0, 0.1) is 5.82 Å². The van der Waals surface area contributed by atoms with Gasteiger partial charge in [0.15, 0.2) is 0 Å². The van der Waals surface area contributed by atoms with E-state index in [-0.39, 0.29) is 18.3 Å². The first-order valence-electron chi connectivity index (χ1n) is 7.18. The fourth-order valence-electron chi connectivity index (χ4n) is 2.03. The number of benzene rings is 1. The first-order valence-corrected chi connectivity index (χ1v) is 7.18. The molecule has 0 spiro atoms. The van der Waals surface area contributed by atoms with Crippen molar-refractivity contribution in [3.63, 3.8) is 0 Å². The van der Waals surface area contributed by atoms with Gasteiger partial charge in [0.05, 0.1) is 18.3 Å². The van der Waals surface area contributed by atoms with Gasteiger partial charge in [-0.1, -0.05) is 44.7 Å². The van der Waals surface area contributed by atoms with Crippen LogP contribution in [0.1, 0.15) is 61.9 Å². The minimum Gasteiger partial charge on any atom is -0.478 e. The lowest BCUT2D eigenvalue weighted by atomic mass is 10.1. The van der Waals surface area contributed by atoms with Crippen LogP contribution in [-0.2, 0) is 11.3 Å². The van der Waals surface area contributed by atoms with Gasteiger partial charge in [-0.15, -0.1) is 0 Å². The van der Waals surface area contributed by atoms with E-state index in [1.165, 1.54) is 31.4 Å². The highest BCUT2D eigenvalue weighted by molar-refractivity contribution is 5.88. The summed E-state index contributed by atoms with van der Waals surface area (Å²) in [4.78, 5) is 10.8. The van der Waals surface area contributed by atoms with Crippen molar-refractivity contribution < 1.29 is 19.0 Å². The van der Waals surface area contributed by atoms with Gasteiger partial charge in [-0.3, -0.25) is 0 Å². The lowest BCUT2D eigenvalue weighted by molar-refractivity contribution is 0.0441. The fraction of sp³-hybridized carbons (Fsp3) is 0.562. The summed E-state index contributed by atoms with van der Waals surface area (Å²) >= 11 is 0. The molecule has 0 radical (unpaired) electrons. The van der Waals surface area contributed by atoms with Gasteiger partial charge in [0, 0.05) is 5.56 Å². The number of carboxylic acids is 1. The Hall–Kier alpha value is -1.42. The third-order valence-corrected chi connectivity index (χ3v) is 3.30. The zero-order chi connectivity index (χ0) is 15.0. The highest BCUT2D eigenvalue weighted by atomic mass is 19.1. The van der Waals surface area contributed by atoms with Crippen molar-refractivity contribution in [1.29, 1.82) is 0 Å². The molecule has 3 nitrogen and oxygen atoms in total. The number of halogens is 1. The molecule has 0 saturated heterocycles. The second-order valence-corrected chi connectivity index (χ2v) is 5.05. The van der Waals surface area contributed by atoms with Crippen molar-refractivity contribution in [3.05, 3.63) is 35.1 Å². The minimum absolute atomic E-state index is 0.0553. The number of unbranched alkanes of at least 4 members (excludes halogenated alkanes) is 3. The van der Waals surface area contributed by atoms with Crippen LogP contribution in [0.3, 0.4) is 0 Å². The monoisotopic (exact) mass is 282 g/mol. The summed E-state index contributed by atoms with van der Waals surface area (Å²) in [7, 11) is 0. The predicted molar refractivity (Wildman–Crippen MR) is 76.4 cm³/mol. The molecule has 0 fully saturated rings. The van der Waals surface area contributed by atoms with E-state index in [0.717, 1.165) is 12.8 Å². The second kappa shape index (κ2) is 8.69. The summed E-state index contributed by atoms with van der Waals surface area (Å²) < 4.78 is 19.5. The van der Waals surface area contributed by atoms with Gasteiger partial charge >= 0.3 is 5.97 Å². The zero-order valence-corrected chi connectivity index (χ0v) is 12.2. The van der Waals surface area contributed by atoms with Crippen LogP contribution in [-0.4, -0.2) is 17.2 Å². The van der Waals surface area contributed by atoms with Crippen LogP contribution in [0.25, 0.3) is 0 Å². The molecule has 1 N–H and O–H groups in total. The van der Waals surface area contributed by atoms with Gasteiger partial charge in [-0.25, -0.2) is 9.18 Å². The summed E-state index contributed by atoms with van der Waals surface area (Å²) in [5, 5.41) is 8.85. The Balaban J connectivity index is 2.45. The number of ether oxygens (including phenoxy) is 1. The Morgan fingerprint density at radius 3 is 2.75 bits per heavy atom. The van der Waals surface area contributed by atoms with E-state index in [9.17, 15) is 9.18 Å². The number of carboxylic acid groups (broad SMARTS) is 1. The maximum atomic E-state index is 13.9. The minimum atomic E-state index is -1.25. The topological polar surface area (TPSA) is 46.5 Å². The third-order valence-electron chi connectivity index (χ3n) is 3.30. The highest BCUT2D eigenvalue weighted by Crippen LogP contribution is 2.16. The van der Waals surface area contributed by atoms with Crippen LogP contribution in [0.15, 0.2) is 18.2 Å². The van der Waals surface area contributed by atoms with Gasteiger partial charge in [-0.05, 0) is 19.4 Å². The van der Waals surface area contributed by atoms with E-state index in [0.29, 0.717) is 5.56 Å². The average molecular weight is 282 g/mol. The van der Waals surface area contributed by atoms with E-state index in [2.05, 4.69) is 6.92 Å². The van der Waals surface area contributed by atoms with E-state index >= 15 is 0 Å². The van der Waals surface area contributed by atoms with Crippen LogP contribution in [0.5, 0.6) is 0 Å². The molecule has 0 aliphatic heterocycles. The molecule has 0 heterocycles. The van der Waals surface area contributed by atoms with Gasteiger partial charge in [0.25, 0.3) is 0 Å². The number of hydrogen-bond acceptors (Lipinski definition) is 2. The maximum absolute atomic E-state index is 13.9. The number of aromatic carboxylic acids is 1. The zero-order valence-electron chi connectivity index (χ0n) is 12.2. The molecule has 4 heteroatoms. The molecule has 0 aromatic heterocycles. The predicted octanol–water partition coefficient (Wildman–Crippen LogP) is 4.40. The van der Waals surface area contributed by atoms with Crippen molar-refractivity contribution in [2.45, 2.75) is 58.7 Å². The Kier molecular flexibility index (Phi) is 7.23. The van der Waals surface area contributed by atoms with E-state index in [1.54, 1.807) is 6.07 Å². The molecule has 1 aromatic carbocycles. The van der Waals surface area contributed by atoms with Crippen molar-refractivity contribution >= 4 is 5.97 Å². The quantitative estimate of drug-likeness (QED) is 0.683. The third kappa shape index (κ3) is 5.29. The van der Waals surface area contributed by atoms with Crippen LogP contribution in [0.4, 0.5) is 4.39 Å². The van der Waals surface area contributed by atoms with Crippen molar-refractivity contribution in [2.75, 3.05) is 0 Å². The number of rotatable bonds is 9. The van der Waals surface area contributed by atoms with E-state index in [1.807, 2.05) is 6.92 Å². The normalized spacial score (nSPS) is 12.3. The molecule has 1 rings (SSSR count). The lowest BCUT2D eigenvalue weighted by Crippen LogP contribution is -2.10. The molecule has 0 aliphatic carbocycles. The molecule has 0 aliphatic rings. The molecule has 0 amide bonds. The molecule has 1 unspecified atom stereocenters. The van der Waals surface area contributed by atoms with Gasteiger partial charge in [0.2, 0.25) is 0 Å². The lowest BCUT2D eigenvalue weighted by Gasteiger charge is -2.13. The van der Waals surface area contributed by atoms with Gasteiger partial charge in [-0.2, -0.15) is 0 Å². The molecule has 1 aromatic rings. The Morgan fingerprint density at radius 1 is 1.35 bits per heavy atom. The van der Waals surface area contributed by atoms with Gasteiger partial charge < -0.3 is 9.84 Å². The first-order chi connectivity index (χ1) is 9.56. The van der Waals surface area contributed by atoms with Crippen LogP contribution >= 0.6 is 0 Å². The van der Waals surface area contributed by atoms with Crippen molar-refractivity contribution in [1.82, 2.24) is 0 Å². The Morgan fingerprint density at radius 2 is 2.10 bits per heavy atom. The molecule has 0 saturated carbocycles. The average Bonchev–Trinajstić information content (AvgIpc) is 2.42. The first kappa shape index (κ1) is 16.6. The summed E-state index contributed by atoms with van der Waals surface area (Å²) in [6.07, 6.45) is 5.71. The molecule has 112 valence electrons. The number of carbonyl (C=O) groups is 1. The molecule has 20 heavy (non-hydrogen) atoms. The summed E-state index contributed by atoms with van der Waals surface area (Å²) in [5.74, 6) is -1.95. The second-order valence-electron chi connectivity index (χ2n) is 5.05. The Bertz CT molecular complexity index is 432. The van der Waals surface area contributed by atoms with Gasteiger partial charge in [0.1, 0.15) is 5.82 Å².